The molecule has 1 unspecified atom stereocenters. The van der Waals surface area contributed by atoms with Crippen LogP contribution in [-0.2, 0) is 19.5 Å². The molecule has 1 saturated heterocycles. The Bertz CT molecular complexity index is 610. The third kappa shape index (κ3) is 4.02. The smallest absolute Gasteiger partial charge is 0.338 e. The molecule has 1 aromatic rings. The molecule has 0 amide bonds. The minimum absolute atomic E-state index is 0.0798. The van der Waals surface area contributed by atoms with Gasteiger partial charge in [0.15, 0.2) is 0 Å². The SMILES string of the molecule is NS(=O)(=O)c1cc(Br)cc(C(=O)OCC2CCCO2)c1. The fraction of sp³-hybridized carbons (Fsp3) is 0.417. The van der Waals surface area contributed by atoms with E-state index in [1.807, 2.05) is 0 Å². The number of nitrogens with two attached hydrogens (primary N) is 1. The summed E-state index contributed by atoms with van der Waals surface area (Å²) < 4.78 is 33.5. The van der Waals surface area contributed by atoms with Crippen LogP contribution in [0.1, 0.15) is 23.2 Å². The summed E-state index contributed by atoms with van der Waals surface area (Å²) in [7, 11) is -3.87. The number of carbonyl (C=O) groups is 1. The zero-order chi connectivity index (χ0) is 14.8. The van der Waals surface area contributed by atoms with E-state index in [2.05, 4.69) is 15.9 Å². The number of benzene rings is 1. The van der Waals surface area contributed by atoms with Crippen LogP contribution in [-0.4, -0.2) is 33.7 Å². The van der Waals surface area contributed by atoms with E-state index >= 15 is 0 Å². The molecule has 6 nitrogen and oxygen atoms in total. The second-order valence-corrected chi connectivity index (χ2v) is 6.93. The summed E-state index contributed by atoms with van der Waals surface area (Å²) in [5.74, 6) is -0.605. The Morgan fingerprint density at radius 3 is 2.80 bits per heavy atom. The Labute approximate surface area is 125 Å². The van der Waals surface area contributed by atoms with Crippen molar-refractivity contribution in [3.05, 3.63) is 28.2 Å². The second-order valence-electron chi connectivity index (χ2n) is 4.45. The van der Waals surface area contributed by atoms with Crippen molar-refractivity contribution >= 4 is 31.9 Å². The third-order valence-corrected chi connectivity index (χ3v) is 4.21. The zero-order valence-corrected chi connectivity index (χ0v) is 12.9. The number of halogens is 1. The summed E-state index contributed by atoms with van der Waals surface area (Å²) in [6.07, 6.45) is 1.73. The van der Waals surface area contributed by atoms with Crippen molar-refractivity contribution in [2.24, 2.45) is 5.14 Å². The first-order chi connectivity index (χ1) is 9.36. The monoisotopic (exact) mass is 363 g/mol. The van der Waals surface area contributed by atoms with Crippen LogP contribution in [0.25, 0.3) is 0 Å². The van der Waals surface area contributed by atoms with Gasteiger partial charge in [-0.15, -0.1) is 0 Å². The van der Waals surface area contributed by atoms with Gasteiger partial charge in [-0.25, -0.2) is 18.4 Å². The fourth-order valence-corrected chi connectivity index (χ4v) is 3.10. The maximum atomic E-state index is 11.9. The average Bonchev–Trinajstić information content (AvgIpc) is 2.87. The van der Waals surface area contributed by atoms with Crippen molar-refractivity contribution in [3.63, 3.8) is 0 Å². The van der Waals surface area contributed by atoms with Gasteiger partial charge in [-0.1, -0.05) is 15.9 Å². The zero-order valence-electron chi connectivity index (χ0n) is 10.5. The number of hydrogen-bond acceptors (Lipinski definition) is 5. The van der Waals surface area contributed by atoms with Crippen LogP contribution in [0, 0.1) is 0 Å². The van der Waals surface area contributed by atoms with Gasteiger partial charge in [0.05, 0.1) is 16.6 Å². The molecule has 0 radical (unpaired) electrons. The number of hydrogen-bond donors (Lipinski definition) is 1. The van der Waals surface area contributed by atoms with Crippen LogP contribution in [0.3, 0.4) is 0 Å². The number of rotatable bonds is 4. The fourth-order valence-electron chi connectivity index (χ4n) is 1.87. The highest BCUT2D eigenvalue weighted by Crippen LogP contribution is 2.20. The Morgan fingerprint density at radius 2 is 2.20 bits per heavy atom. The van der Waals surface area contributed by atoms with Crippen molar-refractivity contribution in [2.75, 3.05) is 13.2 Å². The molecular formula is C12H14BrNO5S. The van der Waals surface area contributed by atoms with Crippen LogP contribution >= 0.6 is 15.9 Å². The van der Waals surface area contributed by atoms with E-state index in [1.54, 1.807) is 0 Å². The van der Waals surface area contributed by atoms with Crippen LogP contribution in [0.4, 0.5) is 0 Å². The lowest BCUT2D eigenvalue weighted by Gasteiger charge is -2.11. The Balaban J connectivity index is 2.11. The number of ether oxygens (including phenoxy) is 2. The van der Waals surface area contributed by atoms with E-state index in [4.69, 9.17) is 14.6 Å². The minimum atomic E-state index is -3.87. The van der Waals surface area contributed by atoms with Crippen LogP contribution < -0.4 is 5.14 Å². The molecule has 1 atom stereocenters. The largest absolute Gasteiger partial charge is 0.459 e. The molecule has 0 spiro atoms. The maximum Gasteiger partial charge on any atom is 0.338 e. The first-order valence-corrected chi connectivity index (χ1v) is 8.32. The number of carbonyl (C=O) groups excluding carboxylic acids is 1. The van der Waals surface area contributed by atoms with Gasteiger partial charge in [0, 0.05) is 11.1 Å². The minimum Gasteiger partial charge on any atom is -0.459 e. The van der Waals surface area contributed by atoms with E-state index in [-0.39, 0.29) is 23.2 Å². The summed E-state index contributed by atoms with van der Waals surface area (Å²) >= 11 is 3.14. The van der Waals surface area contributed by atoms with E-state index < -0.39 is 16.0 Å². The Morgan fingerprint density at radius 1 is 1.45 bits per heavy atom. The third-order valence-electron chi connectivity index (χ3n) is 2.86. The Kier molecular flexibility index (Phi) is 4.79. The van der Waals surface area contributed by atoms with Crippen molar-refractivity contribution in [1.82, 2.24) is 0 Å². The van der Waals surface area contributed by atoms with E-state index in [9.17, 15) is 13.2 Å². The molecular weight excluding hydrogens is 350 g/mol. The van der Waals surface area contributed by atoms with E-state index in [0.29, 0.717) is 11.1 Å². The molecule has 0 aliphatic carbocycles. The summed E-state index contributed by atoms with van der Waals surface area (Å²) in [5, 5.41) is 5.05. The van der Waals surface area contributed by atoms with Crippen molar-refractivity contribution in [2.45, 2.75) is 23.8 Å². The molecule has 8 heteroatoms. The highest BCUT2D eigenvalue weighted by molar-refractivity contribution is 9.10. The molecule has 1 aliphatic rings. The van der Waals surface area contributed by atoms with Crippen LogP contribution in [0.5, 0.6) is 0 Å². The lowest BCUT2D eigenvalue weighted by atomic mass is 10.2. The highest BCUT2D eigenvalue weighted by atomic mass is 79.9. The molecule has 0 bridgehead atoms. The summed E-state index contributed by atoms with van der Waals surface area (Å²) in [5.41, 5.74) is 0.126. The van der Waals surface area contributed by atoms with Gasteiger partial charge in [-0.2, -0.15) is 0 Å². The standard InChI is InChI=1S/C12H14BrNO5S/c13-9-4-8(5-11(6-9)20(14,16)17)12(15)19-7-10-2-1-3-18-10/h4-6,10H,1-3,7H2,(H2,14,16,17). The Hall–Kier alpha value is -0.960. The molecule has 0 aromatic heterocycles. The molecule has 110 valence electrons. The molecule has 0 saturated carbocycles. The van der Waals surface area contributed by atoms with E-state index in [1.165, 1.54) is 18.2 Å². The quantitative estimate of drug-likeness (QED) is 0.816. The summed E-state index contributed by atoms with van der Waals surface area (Å²) in [4.78, 5) is 11.8. The van der Waals surface area contributed by atoms with Gasteiger partial charge >= 0.3 is 5.97 Å². The average molecular weight is 364 g/mol. The molecule has 1 fully saturated rings. The van der Waals surface area contributed by atoms with Crippen molar-refractivity contribution < 1.29 is 22.7 Å². The lowest BCUT2D eigenvalue weighted by Crippen LogP contribution is -2.18. The molecule has 1 heterocycles. The predicted octanol–water partition coefficient (Wildman–Crippen LogP) is 1.43. The number of sulfonamides is 1. The van der Waals surface area contributed by atoms with Crippen molar-refractivity contribution in [3.8, 4) is 0 Å². The first kappa shape index (κ1) is 15.4. The van der Waals surface area contributed by atoms with Gasteiger partial charge in [0.25, 0.3) is 0 Å². The van der Waals surface area contributed by atoms with Gasteiger partial charge in [0.1, 0.15) is 6.61 Å². The molecule has 1 aliphatic heterocycles. The van der Waals surface area contributed by atoms with Gasteiger partial charge < -0.3 is 9.47 Å². The molecule has 1 aromatic carbocycles. The van der Waals surface area contributed by atoms with Crippen LogP contribution in [0.15, 0.2) is 27.6 Å². The van der Waals surface area contributed by atoms with E-state index in [0.717, 1.165) is 12.8 Å². The molecule has 2 rings (SSSR count). The topological polar surface area (TPSA) is 95.7 Å². The maximum absolute atomic E-state index is 11.9. The predicted molar refractivity (Wildman–Crippen MR) is 74.8 cm³/mol. The van der Waals surface area contributed by atoms with Gasteiger partial charge in [-0.3, -0.25) is 0 Å². The van der Waals surface area contributed by atoms with Gasteiger partial charge in [0.2, 0.25) is 10.0 Å². The van der Waals surface area contributed by atoms with Gasteiger partial charge in [-0.05, 0) is 31.0 Å². The van der Waals surface area contributed by atoms with Crippen molar-refractivity contribution in [1.29, 1.82) is 0 Å². The summed E-state index contributed by atoms with van der Waals surface area (Å²) in [6.45, 7) is 0.838. The summed E-state index contributed by atoms with van der Waals surface area (Å²) in [6, 6.07) is 4.00. The second kappa shape index (κ2) is 6.21. The normalized spacial score (nSPS) is 19.0. The number of primary sulfonamides is 1. The first-order valence-electron chi connectivity index (χ1n) is 5.98. The molecule has 20 heavy (non-hydrogen) atoms. The highest BCUT2D eigenvalue weighted by Gasteiger charge is 2.19. The number of esters is 1. The lowest BCUT2D eigenvalue weighted by molar-refractivity contribution is 0.0161. The molecule has 2 N–H and O–H groups in total. The van der Waals surface area contributed by atoms with Crippen LogP contribution in [0.2, 0.25) is 0 Å².